The van der Waals surface area contributed by atoms with Crippen molar-refractivity contribution in [1.82, 2.24) is 9.29 Å². The number of amides is 1. The van der Waals surface area contributed by atoms with Gasteiger partial charge in [-0.1, -0.05) is 18.1 Å². The Balaban J connectivity index is 1.50. The van der Waals surface area contributed by atoms with Gasteiger partial charge in [0.1, 0.15) is 0 Å². The predicted molar refractivity (Wildman–Crippen MR) is 126 cm³/mol. The molecule has 0 aliphatic carbocycles. The number of carbonyl (C=O) groups excluding carboxylic acids is 1. The summed E-state index contributed by atoms with van der Waals surface area (Å²) in [5.74, 6) is -0.0727. The Kier molecular flexibility index (Phi) is 5.26. The zero-order valence-corrected chi connectivity index (χ0v) is 19.3. The summed E-state index contributed by atoms with van der Waals surface area (Å²) in [7, 11) is -3.49. The first-order valence-electron chi connectivity index (χ1n) is 11.2. The van der Waals surface area contributed by atoms with E-state index >= 15 is 0 Å². The van der Waals surface area contributed by atoms with Gasteiger partial charge in [0.15, 0.2) is 0 Å². The molecule has 0 saturated carbocycles. The maximum atomic E-state index is 13.6. The van der Waals surface area contributed by atoms with Crippen LogP contribution >= 0.6 is 0 Å². The molecule has 0 unspecified atom stereocenters. The van der Waals surface area contributed by atoms with Crippen LogP contribution in [0.1, 0.15) is 46.4 Å². The van der Waals surface area contributed by atoms with E-state index in [4.69, 9.17) is 0 Å². The first-order valence-corrected chi connectivity index (χ1v) is 12.6. The number of fused-ring (bicyclic) bond motifs is 2. The van der Waals surface area contributed by atoms with Crippen LogP contribution in [-0.2, 0) is 16.4 Å². The number of piperidine rings is 1. The third-order valence-corrected chi connectivity index (χ3v) is 8.36. The van der Waals surface area contributed by atoms with E-state index in [9.17, 15) is 13.2 Å². The second-order valence-corrected chi connectivity index (χ2v) is 10.7. The van der Waals surface area contributed by atoms with Crippen molar-refractivity contribution in [2.24, 2.45) is 0 Å². The Morgan fingerprint density at radius 2 is 1.72 bits per heavy atom. The number of carbonyl (C=O) groups is 1. The minimum atomic E-state index is -3.49. The monoisotopic (exact) mass is 449 g/mol. The van der Waals surface area contributed by atoms with Gasteiger partial charge in [-0.2, -0.15) is 4.31 Å². The second kappa shape index (κ2) is 7.98. The molecule has 0 atom stereocenters. The zero-order valence-electron chi connectivity index (χ0n) is 18.5. The summed E-state index contributed by atoms with van der Waals surface area (Å²) in [6.07, 6.45) is 3.54. The summed E-state index contributed by atoms with van der Waals surface area (Å²) >= 11 is 0. The lowest BCUT2D eigenvalue weighted by Crippen LogP contribution is -2.35. The first-order chi connectivity index (χ1) is 15.3. The summed E-state index contributed by atoms with van der Waals surface area (Å²) < 4.78 is 27.7. The van der Waals surface area contributed by atoms with E-state index in [1.54, 1.807) is 27.4 Å². The molecule has 6 nitrogen and oxygen atoms in total. The summed E-state index contributed by atoms with van der Waals surface area (Å²) in [5.41, 5.74) is 5.01. The van der Waals surface area contributed by atoms with Gasteiger partial charge in [0.05, 0.1) is 16.0 Å². The van der Waals surface area contributed by atoms with Crippen molar-refractivity contribution in [2.45, 2.75) is 44.4 Å². The zero-order chi connectivity index (χ0) is 22.5. The van der Waals surface area contributed by atoms with Crippen molar-refractivity contribution in [3.63, 3.8) is 0 Å². The number of rotatable bonds is 3. The van der Waals surface area contributed by atoms with Gasteiger partial charge >= 0.3 is 0 Å². The SMILES string of the molecule is Cc1ccc2nc(C)cc(C(=O)N3CCc4cc(S(=O)(=O)N5CCCCC5)ccc43)c2c1. The van der Waals surface area contributed by atoms with E-state index in [1.165, 1.54) is 0 Å². The van der Waals surface area contributed by atoms with Crippen LogP contribution in [0.3, 0.4) is 0 Å². The highest BCUT2D eigenvalue weighted by atomic mass is 32.2. The molecule has 1 saturated heterocycles. The summed E-state index contributed by atoms with van der Waals surface area (Å²) in [4.78, 5) is 20.3. The largest absolute Gasteiger partial charge is 0.308 e. The van der Waals surface area contributed by atoms with Crippen molar-refractivity contribution in [1.29, 1.82) is 0 Å². The van der Waals surface area contributed by atoms with Crippen LogP contribution in [0.5, 0.6) is 0 Å². The molecule has 2 aromatic carbocycles. The normalized spacial score (nSPS) is 17.0. The van der Waals surface area contributed by atoms with Gasteiger partial charge in [-0.3, -0.25) is 9.78 Å². The minimum absolute atomic E-state index is 0.0727. The number of aromatic nitrogens is 1. The van der Waals surface area contributed by atoms with E-state index in [0.29, 0.717) is 36.5 Å². The molecule has 0 N–H and O–H groups in total. The number of aryl methyl sites for hydroxylation is 2. The molecule has 2 aliphatic heterocycles. The Labute approximate surface area is 188 Å². The van der Waals surface area contributed by atoms with Crippen molar-refractivity contribution in [2.75, 3.05) is 24.5 Å². The number of pyridine rings is 1. The third-order valence-electron chi connectivity index (χ3n) is 6.47. The molecule has 1 aromatic heterocycles. The summed E-state index contributed by atoms with van der Waals surface area (Å²) in [5, 5.41) is 0.846. The van der Waals surface area contributed by atoms with Gasteiger partial charge in [0, 0.05) is 36.4 Å². The van der Waals surface area contributed by atoms with Crippen molar-refractivity contribution in [3.8, 4) is 0 Å². The smallest absolute Gasteiger partial charge is 0.259 e. The van der Waals surface area contributed by atoms with Gasteiger partial charge in [0.2, 0.25) is 10.0 Å². The molecule has 1 amide bonds. The maximum Gasteiger partial charge on any atom is 0.259 e. The molecule has 2 aliphatic rings. The summed E-state index contributed by atoms with van der Waals surface area (Å²) in [6.45, 7) is 5.60. The Morgan fingerprint density at radius 3 is 2.50 bits per heavy atom. The fraction of sp³-hybridized carbons (Fsp3) is 0.360. The van der Waals surface area contributed by atoms with E-state index < -0.39 is 10.0 Å². The van der Waals surface area contributed by atoms with Crippen LogP contribution in [-0.4, -0.2) is 43.2 Å². The fourth-order valence-electron chi connectivity index (χ4n) is 4.80. The Morgan fingerprint density at radius 1 is 0.938 bits per heavy atom. The minimum Gasteiger partial charge on any atom is -0.308 e. The molecule has 32 heavy (non-hydrogen) atoms. The number of hydrogen-bond donors (Lipinski definition) is 0. The summed E-state index contributed by atoms with van der Waals surface area (Å²) in [6, 6.07) is 13.0. The highest BCUT2D eigenvalue weighted by Crippen LogP contribution is 2.34. The number of hydrogen-bond acceptors (Lipinski definition) is 4. The molecule has 3 aromatic rings. The quantitative estimate of drug-likeness (QED) is 0.600. The standard InChI is InChI=1S/C25H27N3O3S/c1-17-6-8-23-21(14-17)22(15-18(2)26-23)25(29)28-13-10-19-16-20(7-9-24(19)28)32(30,31)27-11-4-3-5-12-27/h6-9,14-16H,3-5,10-13H2,1-2H3. The maximum absolute atomic E-state index is 13.6. The first kappa shape index (κ1) is 21.1. The van der Waals surface area contributed by atoms with Crippen molar-refractivity contribution in [3.05, 3.63) is 64.8 Å². The number of nitrogens with zero attached hydrogens (tertiary/aromatic N) is 3. The molecule has 3 heterocycles. The van der Waals surface area contributed by atoms with Crippen LogP contribution < -0.4 is 4.90 Å². The van der Waals surface area contributed by atoms with Crippen LogP contribution in [0.4, 0.5) is 5.69 Å². The van der Waals surface area contributed by atoms with Crippen molar-refractivity contribution < 1.29 is 13.2 Å². The molecular formula is C25H27N3O3S. The number of sulfonamides is 1. The Bertz CT molecular complexity index is 1330. The van der Waals surface area contributed by atoms with Crippen LogP contribution in [0.15, 0.2) is 47.4 Å². The molecule has 5 rings (SSSR count). The third kappa shape index (κ3) is 3.59. The second-order valence-electron chi connectivity index (χ2n) is 8.79. The van der Waals surface area contributed by atoms with Gasteiger partial charge in [-0.15, -0.1) is 0 Å². The Hall–Kier alpha value is -2.77. The number of anilines is 1. The molecule has 1 fully saturated rings. The molecule has 166 valence electrons. The molecule has 7 heteroatoms. The van der Waals surface area contributed by atoms with Crippen molar-refractivity contribution >= 4 is 32.5 Å². The molecule has 0 spiro atoms. The molecule has 0 radical (unpaired) electrons. The highest BCUT2D eigenvalue weighted by Gasteiger charge is 2.31. The predicted octanol–water partition coefficient (Wildman–Crippen LogP) is 4.23. The van der Waals surface area contributed by atoms with Crippen LogP contribution in [0.2, 0.25) is 0 Å². The van der Waals surface area contributed by atoms with E-state index in [0.717, 1.165) is 52.7 Å². The van der Waals surface area contributed by atoms with E-state index in [2.05, 4.69) is 4.98 Å². The lowest BCUT2D eigenvalue weighted by atomic mass is 10.0. The van der Waals surface area contributed by atoms with Crippen LogP contribution in [0, 0.1) is 13.8 Å². The number of benzene rings is 2. The highest BCUT2D eigenvalue weighted by molar-refractivity contribution is 7.89. The van der Waals surface area contributed by atoms with E-state index in [1.807, 2.05) is 38.1 Å². The lowest BCUT2D eigenvalue weighted by Gasteiger charge is -2.26. The van der Waals surface area contributed by atoms with Crippen LogP contribution in [0.25, 0.3) is 10.9 Å². The lowest BCUT2D eigenvalue weighted by molar-refractivity contribution is 0.0991. The van der Waals surface area contributed by atoms with Gasteiger partial charge in [-0.25, -0.2) is 8.42 Å². The topological polar surface area (TPSA) is 70.6 Å². The molecule has 0 bridgehead atoms. The van der Waals surface area contributed by atoms with Gasteiger partial charge in [0.25, 0.3) is 5.91 Å². The van der Waals surface area contributed by atoms with E-state index in [-0.39, 0.29) is 5.91 Å². The fourth-order valence-corrected chi connectivity index (χ4v) is 6.37. The molecular weight excluding hydrogens is 422 g/mol. The average Bonchev–Trinajstić information content (AvgIpc) is 3.22. The van der Waals surface area contributed by atoms with Gasteiger partial charge < -0.3 is 4.90 Å². The average molecular weight is 450 g/mol. The van der Waals surface area contributed by atoms with Gasteiger partial charge in [-0.05, 0) is 75.1 Å².